The lowest BCUT2D eigenvalue weighted by Gasteiger charge is -2.17. The molecule has 0 radical (unpaired) electrons. The van der Waals surface area contributed by atoms with Crippen LogP contribution in [0.5, 0.6) is 0 Å². The highest BCUT2D eigenvalue weighted by atomic mass is 35.5. The van der Waals surface area contributed by atoms with Crippen LogP contribution in [0.2, 0.25) is 5.02 Å². The molecule has 1 aromatic rings. The van der Waals surface area contributed by atoms with Crippen molar-refractivity contribution in [2.24, 2.45) is 5.73 Å². The summed E-state index contributed by atoms with van der Waals surface area (Å²) in [5, 5.41) is 18.8. The summed E-state index contributed by atoms with van der Waals surface area (Å²) >= 11 is 5.82. The Morgan fingerprint density at radius 2 is 2.00 bits per heavy atom. The second-order valence-corrected chi connectivity index (χ2v) is 3.22. The topological polar surface area (TPSA) is 66.5 Å². The van der Waals surface area contributed by atoms with Crippen LogP contribution in [-0.2, 0) is 0 Å². The number of hydrogen-bond donors (Lipinski definition) is 3. The number of hydrogen-bond acceptors (Lipinski definition) is 3. The molecule has 0 aliphatic carbocycles. The zero-order valence-corrected chi connectivity index (χ0v) is 7.78. The molecule has 0 aliphatic rings. The minimum Gasteiger partial charge on any atom is -0.395 e. The number of nitrogens with two attached hydrogens (primary N) is 1. The maximum Gasteiger partial charge on any atom is 0.0977 e. The zero-order chi connectivity index (χ0) is 9.84. The van der Waals surface area contributed by atoms with Gasteiger partial charge in [0.1, 0.15) is 0 Å². The van der Waals surface area contributed by atoms with Crippen LogP contribution in [0, 0.1) is 0 Å². The van der Waals surface area contributed by atoms with Crippen molar-refractivity contribution in [3.05, 3.63) is 34.9 Å². The van der Waals surface area contributed by atoms with E-state index in [-0.39, 0.29) is 6.61 Å². The Bertz CT molecular complexity index is 280. The van der Waals surface area contributed by atoms with Gasteiger partial charge in [-0.2, -0.15) is 0 Å². The Morgan fingerprint density at radius 1 is 1.38 bits per heavy atom. The summed E-state index contributed by atoms with van der Waals surface area (Å²) in [6.45, 7) is -0.271. The molecule has 0 fully saturated rings. The van der Waals surface area contributed by atoms with Crippen LogP contribution in [0.4, 0.5) is 0 Å². The molecule has 0 aromatic heterocycles. The third-order valence-corrected chi connectivity index (χ3v) is 2.18. The minimum atomic E-state index is -0.918. The highest BCUT2D eigenvalue weighted by Crippen LogP contribution is 2.23. The average molecular weight is 202 g/mol. The monoisotopic (exact) mass is 201 g/mol. The van der Waals surface area contributed by atoms with E-state index >= 15 is 0 Å². The molecule has 72 valence electrons. The van der Waals surface area contributed by atoms with Crippen molar-refractivity contribution < 1.29 is 10.2 Å². The molecule has 1 aromatic carbocycles. The summed E-state index contributed by atoms with van der Waals surface area (Å²) < 4.78 is 0. The first-order valence-corrected chi connectivity index (χ1v) is 4.33. The second kappa shape index (κ2) is 4.58. The van der Waals surface area contributed by atoms with Crippen molar-refractivity contribution in [2.75, 3.05) is 6.61 Å². The number of rotatable bonds is 3. The van der Waals surface area contributed by atoms with Gasteiger partial charge in [0.15, 0.2) is 0 Å². The largest absolute Gasteiger partial charge is 0.395 e. The van der Waals surface area contributed by atoms with E-state index in [1.165, 1.54) is 0 Å². The summed E-state index contributed by atoms with van der Waals surface area (Å²) in [6, 6.07) is 6.18. The molecule has 0 bridgehead atoms. The van der Waals surface area contributed by atoms with Crippen molar-refractivity contribution in [1.29, 1.82) is 0 Å². The maximum absolute atomic E-state index is 9.60. The van der Waals surface area contributed by atoms with Crippen LogP contribution in [0.25, 0.3) is 0 Å². The summed E-state index contributed by atoms with van der Waals surface area (Å²) in [5.41, 5.74) is 6.01. The zero-order valence-electron chi connectivity index (χ0n) is 7.02. The number of aliphatic hydroxyl groups excluding tert-OH is 2. The first kappa shape index (κ1) is 10.5. The van der Waals surface area contributed by atoms with Gasteiger partial charge >= 0.3 is 0 Å². The quantitative estimate of drug-likeness (QED) is 0.674. The van der Waals surface area contributed by atoms with Gasteiger partial charge in [0.05, 0.1) is 18.8 Å². The van der Waals surface area contributed by atoms with Gasteiger partial charge in [0.2, 0.25) is 0 Å². The van der Waals surface area contributed by atoms with Crippen molar-refractivity contribution in [3.63, 3.8) is 0 Å². The van der Waals surface area contributed by atoms with Gasteiger partial charge in [-0.1, -0.05) is 29.8 Å². The molecule has 0 saturated heterocycles. The molecule has 3 nitrogen and oxygen atoms in total. The molecule has 2 atom stereocenters. The summed E-state index contributed by atoms with van der Waals surface area (Å²) in [6.07, 6.45) is -0.918. The smallest absolute Gasteiger partial charge is 0.0977 e. The highest BCUT2D eigenvalue weighted by molar-refractivity contribution is 6.31. The second-order valence-electron chi connectivity index (χ2n) is 2.81. The molecule has 4 N–H and O–H groups in total. The fourth-order valence-electron chi connectivity index (χ4n) is 1.05. The van der Waals surface area contributed by atoms with Gasteiger partial charge in [-0.3, -0.25) is 0 Å². The SMILES string of the molecule is NC(CO)C(O)c1ccccc1Cl. The molecular weight excluding hydrogens is 190 g/mol. The number of aliphatic hydroxyl groups is 2. The van der Waals surface area contributed by atoms with E-state index in [4.69, 9.17) is 22.4 Å². The van der Waals surface area contributed by atoms with Crippen molar-refractivity contribution >= 4 is 11.6 Å². The van der Waals surface area contributed by atoms with E-state index in [2.05, 4.69) is 0 Å². The lowest BCUT2D eigenvalue weighted by Crippen LogP contribution is -2.32. The third kappa shape index (κ3) is 2.42. The van der Waals surface area contributed by atoms with Gasteiger partial charge in [-0.05, 0) is 6.07 Å². The van der Waals surface area contributed by atoms with E-state index in [0.717, 1.165) is 0 Å². The van der Waals surface area contributed by atoms with Gasteiger partial charge in [0.25, 0.3) is 0 Å². The fraction of sp³-hybridized carbons (Fsp3) is 0.333. The van der Waals surface area contributed by atoms with E-state index < -0.39 is 12.1 Å². The van der Waals surface area contributed by atoms with Crippen LogP contribution in [0.15, 0.2) is 24.3 Å². The normalized spacial score (nSPS) is 15.4. The van der Waals surface area contributed by atoms with E-state index in [9.17, 15) is 5.11 Å². The Hall–Kier alpha value is -0.610. The molecule has 0 spiro atoms. The van der Waals surface area contributed by atoms with E-state index in [0.29, 0.717) is 10.6 Å². The molecular formula is C9H12ClNO2. The molecule has 13 heavy (non-hydrogen) atoms. The predicted molar refractivity (Wildman–Crippen MR) is 51.5 cm³/mol. The van der Waals surface area contributed by atoms with Gasteiger partial charge in [-0.15, -0.1) is 0 Å². The third-order valence-electron chi connectivity index (χ3n) is 1.84. The fourth-order valence-corrected chi connectivity index (χ4v) is 1.29. The molecule has 2 unspecified atom stereocenters. The van der Waals surface area contributed by atoms with Gasteiger partial charge < -0.3 is 15.9 Å². The lowest BCUT2D eigenvalue weighted by atomic mass is 10.0. The van der Waals surface area contributed by atoms with Crippen molar-refractivity contribution in [3.8, 4) is 0 Å². The summed E-state index contributed by atoms with van der Waals surface area (Å²) in [5.74, 6) is 0. The van der Waals surface area contributed by atoms with Crippen LogP contribution >= 0.6 is 11.6 Å². The van der Waals surface area contributed by atoms with Crippen LogP contribution in [0.3, 0.4) is 0 Å². The Kier molecular flexibility index (Phi) is 3.69. The van der Waals surface area contributed by atoms with E-state index in [1.807, 2.05) is 0 Å². The molecule has 1 rings (SSSR count). The van der Waals surface area contributed by atoms with Crippen LogP contribution < -0.4 is 5.73 Å². The summed E-state index contributed by atoms with van der Waals surface area (Å²) in [4.78, 5) is 0. The van der Waals surface area contributed by atoms with E-state index in [1.54, 1.807) is 24.3 Å². The van der Waals surface area contributed by atoms with Crippen LogP contribution in [-0.4, -0.2) is 22.9 Å². The van der Waals surface area contributed by atoms with Gasteiger partial charge in [0, 0.05) is 10.6 Å². The molecule has 0 heterocycles. The molecule has 0 amide bonds. The molecule has 0 aliphatic heterocycles. The first-order chi connectivity index (χ1) is 6.16. The first-order valence-electron chi connectivity index (χ1n) is 3.95. The predicted octanol–water partition coefficient (Wildman–Crippen LogP) is 0.693. The molecule has 4 heteroatoms. The Morgan fingerprint density at radius 3 is 2.54 bits per heavy atom. The average Bonchev–Trinajstić information content (AvgIpc) is 2.16. The Balaban J connectivity index is 2.88. The Labute approximate surface area is 81.8 Å². The van der Waals surface area contributed by atoms with Crippen molar-refractivity contribution in [1.82, 2.24) is 0 Å². The number of halogens is 1. The lowest BCUT2D eigenvalue weighted by molar-refractivity contribution is 0.109. The molecule has 0 saturated carbocycles. The minimum absolute atomic E-state index is 0.271. The standard InChI is InChI=1S/C9H12ClNO2/c10-7-4-2-1-3-6(7)9(13)8(11)5-12/h1-4,8-9,12-13H,5,11H2. The highest BCUT2D eigenvalue weighted by Gasteiger charge is 2.17. The van der Waals surface area contributed by atoms with Crippen LogP contribution in [0.1, 0.15) is 11.7 Å². The van der Waals surface area contributed by atoms with Crippen molar-refractivity contribution in [2.45, 2.75) is 12.1 Å². The van der Waals surface area contributed by atoms with Gasteiger partial charge in [-0.25, -0.2) is 0 Å². The summed E-state index contributed by atoms with van der Waals surface area (Å²) in [7, 11) is 0. The maximum atomic E-state index is 9.60. The number of benzene rings is 1.